The van der Waals surface area contributed by atoms with Gasteiger partial charge in [-0.25, -0.2) is 9.78 Å². The van der Waals surface area contributed by atoms with Gasteiger partial charge in [-0.15, -0.1) is 0 Å². The summed E-state index contributed by atoms with van der Waals surface area (Å²) in [6.07, 6.45) is 1.92. The Kier molecular flexibility index (Phi) is 5.01. The third-order valence-electron chi connectivity index (χ3n) is 7.99. The predicted octanol–water partition coefficient (Wildman–Crippen LogP) is 4.42. The van der Waals surface area contributed by atoms with Crippen molar-refractivity contribution in [2.45, 2.75) is 84.2 Å². The highest BCUT2D eigenvalue weighted by Crippen LogP contribution is 2.46. The van der Waals surface area contributed by atoms with E-state index in [9.17, 15) is 14.7 Å². The molecular formula is C28H30ClN3O4. The number of pyridine rings is 2. The largest absolute Gasteiger partial charge is 0.458 e. The van der Waals surface area contributed by atoms with Crippen molar-refractivity contribution in [1.82, 2.24) is 14.9 Å². The average Bonchev–Trinajstić information content (AvgIpc) is 3.18. The Labute approximate surface area is 214 Å². The molecule has 3 aliphatic rings. The zero-order valence-electron chi connectivity index (χ0n) is 21.2. The van der Waals surface area contributed by atoms with Gasteiger partial charge < -0.3 is 19.7 Å². The van der Waals surface area contributed by atoms with Crippen molar-refractivity contribution in [3.8, 4) is 11.4 Å². The molecule has 0 bridgehead atoms. The molecule has 0 saturated heterocycles. The highest BCUT2D eigenvalue weighted by molar-refractivity contribution is 6.32. The minimum atomic E-state index is -1.85. The third kappa shape index (κ3) is 3.15. The molecule has 4 heterocycles. The summed E-state index contributed by atoms with van der Waals surface area (Å²) in [6, 6.07) is 3.77. The van der Waals surface area contributed by atoms with Gasteiger partial charge >= 0.3 is 5.97 Å². The van der Waals surface area contributed by atoms with Gasteiger partial charge in [0.2, 0.25) is 0 Å². The number of hydrogen-bond donors (Lipinski definition) is 2. The molecule has 3 aromatic rings. The van der Waals surface area contributed by atoms with Crippen LogP contribution in [0.4, 0.5) is 0 Å². The van der Waals surface area contributed by atoms with Crippen LogP contribution in [0.3, 0.4) is 0 Å². The predicted molar refractivity (Wildman–Crippen MR) is 138 cm³/mol. The normalized spacial score (nSPS) is 22.3. The van der Waals surface area contributed by atoms with E-state index in [1.807, 2.05) is 6.07 Å². The Morgan fingerprint density at radius 3 is 2.69 bits per heavy atom. The third-order valence-corrected chi connectivity index (χ3v) is 8.38. The molecular weight excluding hydrogens is 478 g/mol. The van der Waals surface area contributed by atoms with Crippen LogP contribution in [0.25, 0.3) is 22.3 Å². The maximum atomic E-state index is 13.7. The summed E-state index contributed by atoms with van der Waals surface area (Å²) in [4.78, 5) is 31.2. The van der Waals surface area contributed by atoms with Gasteiger partial charge in [0.25, 0.3) is 5.56 Å². The number of hydrogen-bond acceptors (Lipinski definition) is 6. The molecule has 188 valence electrons. The second kappa shape index (κ2) is 7.63. The van der Waals surface area contributed by atoms with E-state index in [4.69, 9.17) is 21.3 Å². The first-order valence-corrected chi connectivity index (χ1v) is 12.9. The number of carbonyl (C=O) groups excluding carboxylic acids is 1. The van der Waals surface area contributed by atoms with E-state index in [0.717, 1.165) is 34.9 Å². The summed E-state index contributed by atoms with van der Waals surface area (Å²) in [5, 5.41) is 16.8. The molecule has 1 aromatic carbocycles. The zero-order chi connectivity index (χ0) is 25.7. The maximum absolute atomic E-state index is 13.7. The molecule has 2 N–H and O–H groups in total. The van der Waals surface area contributed by atoms with Gasteiger partial charge in [0.15, 0.2) is 5.60 Å². The standard InChI is InChI=1S/C28H30ClN3O4/c1-6-28(35)17-9-21-24-15(11-32(21)25(33)16(17)12-36-26(28)34)23-19(31-27(3,4)5)8-7-14-13(2)18(29)10-20(30-24)22(14)23/h9-10,19,31,35H,6-8,11-12H2,1-5H3/t19?,28-/m0/s1. The minimum Gasteiger partial charge on any atom is -0.458 e. The number of cyclic esters (lactones) is 1. The van der Waals surface area contributed by atoms with Crippen molar-refractivity contribution in [2.24, 2.45) is 0 Å². The highest BCUT2D eigenvalue weighted by Gasteiger charge is 2.46. The second-order valence-electron chi connectivity index (χ2n) is 11.3. The summed E-state index contributed by atoms with van der Waals surface area (Å²) in [6.45, 7) is 10.5. The Balaban J connectivity index is 1.67. The van der Waals surface area contributed by atoms with Gasteiger partial charge in [0.1, 0.15) is 6.61 Å². The van der Waals surface area contributed by atoms with Crippen molar-refractivity contribution in [1.29, 1.82) is 0 Å². The van der Waals surface area contributed by atoms with Gasteiger partial charge in [0.05, 0.1) is 29.0 Å². The Bertz CT molecular complexity index is 1550. The summed E-state index contributed by atoms with van der Waals surface area (Å²) in [7, 11) is 0. The van der Waals surface area contributed by atoms with Gasteiger partial charge in [-0.05, 0) is 75.8 Å². The molecule has 1 unspecified atom stereocenters. The number of aryl methyl sites for hydroxylation is 1. The number of aromatic nitrogens is 2. The van der Waals surface area contributed by atoms with Crippen molar-refractivity contribution in [3.05, 3.63) is 60.9 Å². The number of carbonyl (C=O) groups is 1. The topological polar surface area (TPSA) is 93.5 Å². The number of nitrogens with zero attached hydrogens (tertiary/aromatic N) is 2. The fraction of sp³-hybridized carbons (Fsp3) is 0.464. The molecule has 0 amide bonds. The fourth-order valence-corrected chi connectivity index (χ4v) is 6.44. The first-order valence-electron chi connectivity index (χ1n) is 12.5. The molecule has 0 spiro atoms. The number of nitrogens with one attached hydrogen (secondary N) is 1. The monoisotopic (exact) mass is 507 g/mol. The van der Waals surface area contributed by atoms with Crippen molar-refractivity contribution < 1.29 is 14.6 Å². The second-order valence-corrected chi connectivity index (χ2v) is 11.7. The first kappa shape index (κ1) is 23.6. The Hall–Kier alpha value is -2.74. The Morgan fingerprint density at radius 1 is 1.25 bits per heavy atom. The number of benzene rings is 1. The van der Waals surface area contributed by atoms with Crippen molar-refractivity contribution in [2.75, 3.05) is 0 Å². The smallest absolute Gasteiger partial charge is 0.343 e. The van der Waals surface area contributed by atoms with Crippen molar-refractivity contribution in [3.63, 3.8) is 0 Å². The molecule has 0 radical (unpaired) electrons. The van der Waals surface area contributed by atoms with E-state index < -0.39 is 11.6 Å². The summed E-state index contributed by atoms with van der Waals surface area (Å²) < 4.78 is 6.92. The van der Waals surface area contributed by atoms with Crippen LogP contribution in [0.2, 0.25) is 5.02 Å². The molecule has 0 fully saturated rings. The number of rotatable bonds is 2. The fourth-order valence-electron chi connectivity index (χ4n) is 6.22. The number of esters is 1. The Morgan fingerprint density at radius 2 is 2.00 bits per heavy atom. The SMILES string of the molecule is CC[C@@]1(O)C(=O)OCc2c1cc1n(c2=O)Cc2c-1nc1cc(Cl)c(C)c3c1c2C(NC(C)(C)C)CC3. The van der Waals surface area contributed by atoms with E-state index in [2.05, 4.69) is 33.0 Å². The number of halogens is 1. The van der Waals surface area contributed by atoms with E-state index in [1.165, 1.54) is 11.1 Å². The van der Waals surface area contributed by atoms with Crippen LogP contribution in [-0.2, 0) is 34.7 Å². The number of aliphatic hydroxyl groups is 1. The number of fused-ring (bicyclic) bond motifs is 5. The van der Waals surface area contributed by atoms with Crippen LogP contribution >= 0.6 is 11.6 Å². The first-order chi connectivity index (χ1) is 16.9. The molecule has 2 aliphatic heterocycles. The van der Waals surface area contributed by atoms with Crippen LogP contribution in [0.5, 0.6) is 0 Å². The lowest BCUT2D eigenvalue weighted by atomic mass is 9.81. The molecule has 7 nitrogen and oxygen atoms in total. The lowest BCUT2D eigenvalue weighted by Crippen LogP contribution is -2.44. The van der Waals surface area contributed by atoms with Gasteiger partial charge in [-0.3, -0.25) is 4.79 Å². The average molecular weight is 508 g/mol. The molecule has 36 heavy (non-hydrogen) atoms. The van der Waals surface area contributed by atoms with Crippen LogP contribution in [0.1, 0.15) is 80.0 Å². The number of ether oxygens (including phenoxy) is 1. The summed E-state index contributed by atoms with van der Waals surface area (Å²) in [5.74, 6) is -0.719. The van der Waals surface area contributed by atoms with Gasteiger partial charge in [-0.2, -0.15) is 0 Å². The summed E-state index contributed by atoms with van der Waals surface area (Å²) in [5.41, 5.74) is 5.07. The molecule has 2 atom stereocenters. The molecule has 1 aliphatic carbocycles. The van der Waals surface area contributed by atoms with E-state index in [-0.39, 0.29) is 30.2 Å². The van der Waals surface area contributed by atoms with Crippen LogP contribution in [0.15, 0.2) is 16.9 Å². The van der Waals surface area contributed by atoms with Gasteiger partial charge in [0, 0.05) is 33.1 Å². The van der Waals surface area contributed by atoms with E-state index >= 15 is 0 Å². The minimum absolute atomic E-state index is 0.0921. The quantitative estimate of drug-likeness (QED) is 0.390. The molecule has 2 aromatic heterocycles. The summed E-state index contributed by atoms with van der Waals surface area (Å²) >= 11 is 6.64. The molecule has 6 rings (SSSR count). The van der Waals surface area contributed by atoms with Gasteiger partial charge in [-0.1, -0.05) is 18.5 Å². The van der Waals surface area contributed by atoms with Crippen LogP contribution < -0.4 is 10.9 Å². The van der Waals surface area contributed by atoms with Crippen LogP contribution in [-0.4, -0.2) is 26.2 Å². The molecule has 0 saturated carbocycles. The van der Waals surface area contributed by atoms with Crippen molar-refractivity contribution >= 4 is 28.5 Å². The lowest BCUT2D eigenvalue weighted by Gasteiger charge is -2.34. The van der Waals surface area contributed by atoms with Crippen LogP contribution in [0, 0.1) is 6.92 Å². The van der Waals surface area contributed by atoms with E-state index in [1.54, 1.807) is 17.6 Å². The zero-order valence-corrected chi connectivity index (χ0v) is 22.0. The van der Waals surface area contributed by atoms with E-state index in [0.29, 0.717) is 34.1 Å². The lowest BCUT2D eigenvalue weighted by molar-refractivity contribution is -0.172. The maximum Gasteiger partial charge on any atom is 0.343 e. The highest BCUT2D eigenvalue weighted by atomic mass is 35.5. The molecule has 8 heteroatoms.